The lowest BCUT2D eigenvalue weighted by molar-refractivity contribution is 0.213. The average Bonchev–Trinajstić information content (AvgIpc) is 2.27. The topological polar surface area (TPSA) is 92.4 Å². The van der Waals surface area contributed by atoms with E-state index in [1.807, 2.05) is 13.8 Å². The van der Waals surface area contributed by atoms with Gasteiger partial charge in [0.25, 0.3) is 0 Å². The molecule has 0 heterocycles. The first-order valence-electron chi connectivity index (χ1n) is 5.73. The van der Waals surface area contributed by atoms with E-state index in [1.165, 1.54) is 12.1 Å². The fraction of sp³-hybridized carbons (Fsp3) is 0.500. The molecule has 0 aromatic heterocycles. The monoisotopic (exact) mass is 272 g/mol. The van der Waals surface area contributed by atoms with Gasteiger partial charge in [-0.2, -0.15) is 0 Å². The van der Waals surface area contributed by atoms with Gasteiger partial charge >= 0.3 is 0 Å². The number of nitrogen functional groups attached to an aromatic ring is 1. The van der Waals surface area contributed by atoms with Crippen LogP contribution < -0.4 is 10.5 Å². The van der Waals surface area contributed by atoms with Crippen LogP contribution in [0.3, 0.4) is 0 Å². The fourth-order valence-corrected chi connectivity index (χ4v) is 2.65. The number of benzene rings is 1. The molecule has 1 aromatic rings. The summed E-state index contributed by atoms with van der Waals surface area (Å²) in [6, 6.07) is 6.04. The third kappa shape index (κ3) is 4.29. The van der Waals surface area contributed by atoms with Crippen LogP contribution in [-0.2, 0) is 10.0 Å². The zero-order valence-corrected chi connectivity index (χ0v) is 11.5. The molecule has 0 saturated heterocycles. The molecule has 0 unspecified atom stereocenters. The first kappa shape index (κ1) is 14.9. The van der Waals surface area contributed by atoms with E-state index in [4.69, 9.17) is 10.8 Å². The molecule has 0 spiro atoms. The van der Waals surface area contributed by atoms with Gasteiger partial charge in [0.1, 0.15) is 0 Å². The molecule has 0 aliphatic carbocycles. The first-order chi connectivity index (χ1) is 8.27. The fourth-order valence-electron chi connectivity index (χ4n) is 1.41. The van der Waals surface area contributed by atoms with Gasteiger partial charge in [-0.1, -0.05) is 13.8 Å². The van der Waals surface area contributed by atoms with Crippen LogP contribution in [0.15, 0.2) is 29.2 Å². The summed E-state index contributed by atoms with van der Waals surface area (Å²) >= 11 is 0. The van der Waals surface area contributed by atoms with Gasteiger partial charge in [-0.25, -0.2) is 13.1 Å². The molecule has 4 N–H and O–H groups in total. The third-order valence-electron chi connectivity index (χ3n) is 2.72. The van der Waals surface area contributed by atoms with Crippen LogP contribution in [0.4, 0.5) is 5.69 Å². The first-order valence-corrected chi connectivity index (χ1v) is 7.21. The number of nitrogens with two attached hydrogens (primary N) is 1. The normalized spacial score (nSPS) is 12.6. The number of rotatable bonds is 6. The number of aliphatic hydroxyl groups is 1. The van der Waals surface area contributed by atoms with E-state index in [1.54, 1.807) is 12.1 Å². The maximum Gasteiger partial charge on any atom is 0.240 e. The van der Waals surface area contributed by atoms with Crippen molar-refractivity contribution >= 4 is 15.7 Å². The Morgan fingerprint density at radius 1 is 1.28 bits per heavy atom. The second-order valence-electron chi connectivity index (χ2n) is 5.03. The molecule has 0 aliphatic heterocycles. The largest absolute Gasteiger partial charge is 0.399 e. The maximum atomic E-state index is 12.0. The van der Waals surface area contributed by atoms with E-state index < -0.39 is 10.0 Å². The third-order valence-corrected chi connectivity index (χ3v) is 4.14. The molecule has 0 fully saturated rings. The highest BCUT2D eigenvalue weighted by Crippen LogP contribution is 2.19. The highest BCUT2D eigenvalue weighted by atomic mass is 32.2. The Hall–Kier alpha value is -1.11. The second-order valence-corrected chi connectivity index (χ2v) is 6.80. The average molecular weight is 272 g/mol. The van der Waals surface area contributed by atoms with Crippen molar-refractivity contribution in [2.75, 3.05) is 18.9 Å². The van der Waals surface area contributed by atoms with Crippen molar-refractivity contribution in [3.8, 4) is 0 Å². The van der Waals surface area contributed by atoms with Crippen molar-refractivity contribution in [3.05, 3.63) is 24.3 Å². The predicted molar refractivity (Wildman–Crippen MR) is 71.5 cm³/mol. The van der Waals surface area contributed by atoms with Crippen LogP contribution in [0.25, 0.3) is 0 Å². The summed E-state index contributed by atoms with van der Waals surface area (Å²) in [5, 5.41) is 8.89. The zero-order valence-electron chi connectivity index (χ0n) is 10.7. The molecule has 18 heavy (non-hydrogen) atoms. The van der Waals surface area contributed by atoms with Crippen molar-refractivity contribution in [2.45, 2.75) is 25.2 Å². The molecule has 0 amide bonds. The molecular formula is C12H20N2O3S. The second kappa shape index (κ2) is 5.69. The molecule has 5 nitrogen and oxygen atoms in total. The van der Waals surface area contributed by atoms with E-state index in [0.29, 0.717) is 12.1 Å². The summed E-state index contributed by atoms with van der Waals surface area (Å²) in [7, 11) is -3.52. The van der Waals surface area contributed by atoms with Gasteiger partial charge in [-0.3, -0.25) is 0 Å². The molecule has 0 bridgehead atoms. The SMILES string of the molecule is CC(C)(CCO)CNS(=O)(=O)c1ccc(N)cc1. The quantitative estimate of drug-likeness (QED) is 0.672. The maximum absolute atomic E-state index is 12.0. The van der Waals surface area contributed by atoms with Crippen molar-refractivity contribution in [1.29, 1.82) is 0 Å². The van der Waals surface area contributed by atoms with E-state index in [0.717, 1.165) is 0 Å². The van der Waals surface area contributed by atoms with E-state index in [2.05, 4.69) is 4.72 Å². The van der Waals surface area contributed by atoms with Crippen molar-refractivity contribution in [1.82, 2.24) is 4.72 Å². The molecule has 1 rings (SSSR count). The minimum atomic E-state index is -3.52. The van der Waals surface area contributed by atoms with Gasteiger partial charge in [0.05, 0.1) is 4.90 Å². The molecule has 102 valence electrons. The van der Waals surface area contributed by atoms with Crippen LogP contribution in [0.2, 0.25) is 0 Å². The van der Waals surface area contributed by atoms with Gasteiger partial charge in [-0.05, 0) is 36.1 Å². The van der Waals surface area contributed by atoms with Crippen LogP contribution >= 0.6 is 0 Å². The van der Waals surface area contributed by atoms with Gasteiger partial charge in [0, 0.05) is 18.8 Å². The van der Waals surface area contributed by atoms with Gasteiger partial charge in [0.15, 0.2) is 0 Å². The minimum absolute atomic E-state index is 0.0383. The number of hydrogen-bond donors (Lipinski definition) is 3. The molecule has 0 aliphatic rings. The lowest BCUT2D eigenvalue weighted by atomic mass is 9.90. The smallest absolute Gasteiger partial charge is 0.240 e. The van der Waals surface area contributed by atoms with E-state index in [-0.39, 0.29) is 23.5 Å². The Labute approximate surface area is 108 Å². The lowest BCUT2D eigenvalue weighted by Crippen LogP contribution is -2.34. The molecule has 6 heteroatoms. The summed E-state index contributed by atoms with van der Waals surface area (Å²) in [5.74, 6) is 0. The summed E-state index contributed by atoms with van der Waals surface area (Å²) in [4.78, 5) is 0.191. The van der Waals surface area contributed by atoms with Crippen LogP contribution in [0.1, 0.15) is 20.3 Å². The summed E-state index contributed by atoms with van der Waals surface area (Å²) in [6.07, 6.45) is 0.539. The lowest BCUT2D eigenvalue weighted by Gasteiger charge is -2.23. The predicted octanol–water partition coefficient (Wildman–Crippen LogP) is 0.956. The number of sulfonamides is 1. The van der Waals surface area contributed by atoms with Gasteiger partial charge in [-0.15, -0.1) is 0 Å². The number of nitrogens with one attached hydrogen (secondary N) is 1. The Bertz CT molecular complexity index is 481. The van der Waals surface area contributed by atoms with Crippen molar-refractivity contribution in [3.63, 3.8) is 0 Å². The van der Waals surface area contributed by atoms with E-state index in [9.17, 15) is 8.42 Å². The summed E-state index contributed by atoms with van der Waals surface area (Å²) < 4.78 is 26.5. The van der Waals surface area contributed by atoms with Crippen molar-refractivity contribution < 1.29 is 13.5 Å². The standard InChI is InChI=1S/C12H20N2O3S/c1-12(2,7-8-15)9-14-18(16,17)11-5-3-10(13)4-6-11/h3-6,14-15H,7-9,13H2,1-2H3. The summed E-state index contributed by atoms with van der Waals surface area (Å²) in [5.41, 5.74) is 5.75. The van der Waals surface area contributed by atoms with Gasteiger partial charge in [0.2, 0.25) is 10.0 Å². The zero-order chi connectivity index (χ0) is 13.8. The number of anilines is 1. The Morgan fingerprint density at radius 2 is 1.83 bits per heavy atom. The highest BCUT2D eigenvalue weighted by Gasteiger charge is 2.21. The molecule has 0 radical (unpaired) electrons. The Kier molecular flexibility index (Phi) is 4.72. The molecule has 1 aromatic carbocycles. The van der Waals surface area contributed by atoms with Crippen LogP contribution in [-0.4, -0.2) is 26.7 Å². The molecule has 0 saturated carbocycles. The Morgan fingerprint density at radius 3 is 2.33 bits per heavy atom. The highest BCUT2D eigenvalue weighted by molar-refractivity contribution is 7.89. The minimum Gasteiger partial charge on any atom is -0.399 e. The molecule has 0 atom stereocenters. The van der Waals surface area contributed by atoms with E-state index >= 15 is 0 Å². The van der Waals surface area contributed by atoms with Gasteiger partial charge < -0.3 is 10.8 Å². The van der Waals surface area contributed by atoms with Crippen LogP contribution in [0.5, 0.6) is 0 Å². The van der Waals surface area contributed by atoms with Crippen LogP contribution in [0, 0.1) is 5.41 Å². The Balaban J connectivity index is 2.74. The summed E-state index contributed by atoms with van der Waals surface area (Å²) in [6.45, 7) is 4.11. The molecular weight excluding hydrogens is 252 g/mol. The number of aliphatic hydroxyl groups excluding tert-OH is 1. The number of hydrogen-bond acceptors (Lipinski definition) is 4. The van der Waals surface area contributed by atoms with Crippen molar-refractivity contribution in [2.24, 2.45) is 5.41 Å².